The molecule has 1 aliphatic heterocycles. The molecule has 226 valence electrons. The highest BCUT2D eigenvalue weighted by molar-refractivity contribution is 7.92. The van der Waals surface area contributed by atoms with Crippen molar-refractivity contribution in [3.63, 3.8) is 0 Å². The van der Waals surface area contributed by atoms with Crippen molar-refractivity contribution in [2.75, 3.05) is 25.4 Å². The number of hydrogen-bond donors (Lipinski definition) is 2. The van der Waals surface area contributed by atoms with Crippen molar-refractivity contribution in [2.45, 2.75) is 94.4 Å². The van der Waals surface area contributed by atoms with Crippen LogP contribution in [-0.2, 0) is 21.2 Å². The van der Waals surface area contributed by atoms with E-state index in [0.717, 1.165) is 37.7 Å². The van der Waals surface area contributed by atoms with Gasteiger partial charge in [0, 0.05) is 26.1 Å². The van der Waals surface area contributed by atoms with Crippen molar-refractivity contribution in [3.8, 4) is 5.75 Å². The summed E-state index contributed by atoms with van der Waals surface area (Å²) in [5.74, 6) is 0.670. The second-order valence-electron chi connectivity index (χ2n) is 11.5. The summed E-state index contributed by atoms with van der Waals surface area (Å²) in [6, 6.07) is 16.4. The van der Waals surface area contributed by atoms with E-state index in [1.807, 2.05) is 35.2 Å². The summed E-state index contributed by atoms with van der Waals surface area (Å²) >= 11 is 0. The standard InChI is InChI=1S/C32H45FN2O5S/c33-27-19-20-35(22-27)23-30(32(37)26-15-17-28(18-16-26)40-24-25-10-4-1-5-11-25)34-31(36)14-8-3-9-21-41(38,39)29-12-6-2-7-13-29/h1,4-5,10-11,15-18,27,29-30,32,37H,2-3,6-9,12-14,19-24H2,(H,34,36)/t27-,30-,32-/m1/s1. The van der Waals surface area contributed by atoms with E-state index in [-0.39, 0.29) is 23.3 Å². The molecule has 0 aromatic heterocycles. The van der Waals surface area contributed by atoms with Crippen molar-refractivity contribution in [3.05, 3.63) is 65.7 Å². The number of carbonyl (C=O) groups excluding carboxylic acids is 1. The quantitative estimate of drug-likeness (QED) is 0.280. The molecule has 0 bridgehead atoms. The molecule has 1 saturated carbocycles. The first-order chi connectivity index (χ1) is 19.8. The highest BCUT2D eigenvalue weighted by atomic mass is 32.2. The second kappa shape index (κ2) is 15.7. The van der Waals surface area contributed by atoms with Gasteiger partial charge in [0.25, 0.3) is 0 Å². The van der Waals surface area contributed by atoms with Crippen LogP contribution >= 0.6 is 0 Å². The fraction of sp³-hybridized carbons (Fsp3) is 0.594. The molecule has 2 fully saturated rings. The molecule has 1 aliphatic carbocycles. The molecule has 0 radical (unpaired) electrons. The van der Waals surface area contributed by atoms with Crippen LogP contribution in [0.3, 0.4) is 0 Å². The Kier molecular flexibility index (Phi) is 12.0. The monoisotopic (exact) mass is 588 g/mol. The molecule has 3 atom stereocenters. The van der Waals surface area contributed by atoms with Crippen LogP contribution in [0, 0.1) is 0 Å². The molecule has 7 nitrogen and oxygen atoms in total. The zero-order valence-electron chi connectivity index (χ0n) is 23.9. The zero-order chi connectivity index (χ0) is 29.1. The maximum atomic E-state index is 13.8. The molecule has 1 heterocycles. The number of halogens is 1. The number of benzene rings is 2. The van der Waals surface area contributed by atoms with Gasteiger partial charge in [0.1, 0.15) is 24.6 Å². The third-order valence-electron chi connectivity index (χ3n) is 8.26. The summed E-state index contributed by atoms with van der Waals surface area (Å²) in [5, 5.41) is 14.0. The second-order valence-corrected chi connectivity index (χ2v) is 13.9. The number of ether oxygens (including phenoxy) is 1. The van der Waals surface area contributed by atoms with Crippen LogP contribution in [0.5, 0.6) is 5.75 Å². The van der Waals surface area contributed by atoms with Crippen LogP contribution in [0.1, 0.15) is 81.4 Å². The van der Waals surface area contributed by atoms with Crippen LogP contribution in [0.2, 0.25) is 0 Å². The number of likely N-dealkylation sites (tertiary alicyclic amines) is 1. The molecule has 9 heteroatoms. The summed E-state index contributed by atoms with van der Waals surface area (Å²) in [7, 11) is -3.06. The molecule has 0 unspecified atom stereocenters. The Morgan fingerprint density at radius 1 is 1.00 bits per heavy atom. The van der Waals surface area contributed by atoms with E-state index >= 15 is 0 Å². The number of alkyl halides is 1. The number of carbonyl (C=O) groups is 1. The maximum absolute atomic E-state index is 13.8. The van der Waals surface area contributed by atoms with Crippen molar-refractivity contribution in [1.82, 2.24) is 10.2 Å². The number of rotatable bonds is 15. The lowest BCUT2D eigenvalue weighted by Gasteiger charge is -2.29. The molecule has 2 aliphatic rings. The van der Waals surface area contributed by atoms with Crippen molar-refractivity contribution in [1.29, 1.82) is 0 Å². The van der Waals surface area contributed by atoms with Gasteiger partial charge in [-0.3, -0.25) is 9.69 Å². The Hall–Kier alpha value is -2.49. The number of hydrogen-bond acceptors (Lipinski definition) is 6. The number of aliphatic hydroxyl groups is 1. The predicted octanol–water partition coefficient (Wildman–Crippen LogP) is 5.14. The molecule has 2 aromatic rings. The average Bonchev–Trinajstić information content (AvgIpc) is 3.40. The number of nitrogens with zero attached hydrogens (tertiary/aromatic N) is 1. The zero-order valence-corrected chi connectivity index (χ0v) is 24.7. The van der Waals surface area contributed by atoms with Crippen LogP contribution in [0.4, 0.5) is 4.39 Å². The van der Waals surface area contributed by atoms with Crippen LogP contribution < -0.4 is 10.1 Å². The Balaban J connectivity index is 1.27. The SMILES string of the molecule is O=C(CCCCCS(=O)(=O)C1CCCCC1)N[C@H](CN1CC[C@@H](F)C1)[C@H](O)c1ccc(OCc2ccccc2)cc1. The first-order valence-electron chi connectivity index (χ1n) is 15.1. The molecular formula is C32H45FN2O5S. The molecule has 2 N–H and O–H groups in total. The fourth-order valence-electron chi connectivity index (χ4n) is 5.82. The normalized spacial score (nSPS) is 20.0. The highest BCUT2D eigenvalue weighted by Crippen LogP contribution is 2.26. The summed E-state index contributed by atoms with van der Waals surface area (Å²) in [5.41, 5.74) is 1.70. The van der Waals surface area contributed by atoms with Crippen LogP contribution in [0.25, 0.3) is 0 Å². The summed E-state index contributed by atoms with van der Waals surface area (Å²) in [6.45, 7) is 1.66. The number of nitrogens with one attached hydrogen (secondary N) is 1. The van der Waals surface area contributed by atoms with Gasteiger partial charge in [0.2, 0.25) is 5.91 Å². The third kappa shape index (κ3) is 10.1. The van der Waals surface area contributed by atoms with Crippen molar-refractivity contribution < 1.29 is 27.4 Å². The lowest BCUT2D eigenvalue weighted by Crippen LogP contribution is -2.46. The summed E-state index contributed by atoms with van der Waals surface area (Å²) in [6.07, 6.45) is 5.30. The Morgan fingerprint density at radius 2 is 1.73 bits per heavy atom. The molecule has 1 amide bonds. The number of unbranched alkanes of at least 4 members (excludes halogenated alkanes) is 2. The van der Waals surface area contributed by atoms with Gasteiger partial charge >= 0.3 is 0 Å². The Morgan fingerprint density at radius 3 is 2.41 bits per heavy atom. The molecule has 0 spiro atoms. The molecule has 4 rings (SSSR count). The van der Waals surface area contributed by atoms with Crippen LogP contribution in [0.15, 0.2) is 54.6 Å². The van der Waals surface area contributed by atoms with Gasteiger partial charge in [0.15, 0.2) is 9.84 Å². The van der Waals surface area contributed by atoms with E-state index in [1.54, 1.807) is 24.3 Å². The lowest BCUT2D eigenvalue weighted by molar-refractivity contribution is -0.123. The number of amides is 1. The minimum Gasteiger partial charge on any atom is -0.489 e. The number of aliphatic hydroxyl groups excluding tert-OH is 1. The highest BCUT2D eigenvalue weighted by Gasteiger charge is 2.30. The van der Waals surface area contributed by atoms with Gasteiger partial charge in [-0.25, -0.2) is 12.8 Å². The maximum Gasteiger partial charge on any atom is 0.220 e. The molecule has 1 saturated heterocycles. The van der Waals surface area contributed by atoms with Gasteiger partial charge in [0.05, 0.1) is 17.0 Å². The molecular weight excluding hydrogens is 543 g/mol. The van der Waals surface area contributed by atoms with E-state index in [2.05, 4.69) is 5.32 Å². The van der Waals surface area contributed by atoms with E-state index < -0.39 is 28.2 Å². The van der Waals surface area contributed by atoms with E-state index in [0.29, 0.717) is 63.2 Å². The molecule has 41 heavy (non-hydrogen) atoms. The van der Waals surface area contributed by atoms with Gasteiger partial charge < -0.3 is 15.2 Å². The van der Waals surface area contributed by atoms with Gasteiger partial charge in [-0.1, -0.05) is 68.1 Å². The van der Waals surface area contributed by atoms with E-state index in [4.69, 9.17) is 4.74 Å². The van der Waals surface area contributed by atoms with Crippen LogP contribution in [-0.4, -0.2) is 67.2 Å². The fourth-order valence-corrected chi connectivity index (χ4v) is 7.82. The first kappa shape index (κ1) is 31.4. The van der Waals surface area contributed by atoms with Gasteiger partial charge in [-0.05, 0) is 55.4 Å². The van der Waals surface area contributed by atoms with Gasteiger partial charge in [-0.2, -0.15) is 0 Å². The lowest BCUT2D eigenvalue weighted by atomic mass is 10.0. The minimum absolute atomic E-state index is 0.186. The Labute approximate surface area is 244 Å². The van der Waals surface area contributed by atoms with Gasteiger partial charge in [-0.15, -0.1) is 0 Å². The molecule has 2 aromatic carbocycles. The van der Waals surface area contributed by atoms with Crippen molar-refractivity contribution in [2.24, 2.45) is 0 Å². The largest absolute Gasteiger partial charge is 0.489 e. The van der Waals surface area contributed by atoms with E-state index in [9.17, 15) is 22.7 Å². The van der Waals surface area contributed by atoms with Crippen molar-refractivity contribution >= 4 is 15.7 Å². The number of sulfone groups is 1. The predicted molar refractivity (Wildman–Crippen MR) is 159 cm³/mol. The third-order valence-corrected chi connectivity index (χ3v) is 10.6. The minimum atomic E-state index is -3.06. The average molecular weight is 589 g/mol. The Bertz CT molecular complexity index is 1170. The summed E-state index contributed by atoms with van der Waals surface area (Å²) in [4.78, 5) is 14.8. The first-order valence-corrected chi connectivity index (χ1v) is 16.8. The van der Waals surface area contributed by atoms with E-state index in [1.165, 1.54) is 0 Å². The smallest absolute Gasteiger partial charge is 0.220 e. The topological polar surface area (TPSA) is 95.9 Å². The summed E-state index contributed by atoms with van der Waals surface area (Å²) < 4.78 is 44.9.